The highest BCUT2D eigenvalue weighted by atomic mass is 32.1. The summed E-state index contributed by atoms with van der Waals surface area (Å²) in [5.74, 6) is 1.62. The van der Waals surface area contributed by atoms with Crippen molar-refractivity contribution < 1.29 is 4.79 Å². The summed E-state index contributed by atoms with van der Waals surface area (Å²) in [6.45, 7) is 5.53. The van der Waals surface area contributed by atoms with Crippen LogP contribution in [0.4, 0.5) is 11.8 Å². The number of hydrogen-bond donors (Lipinski definition) is 3. The first-order valence-electron chi connectivity index (χ1n) is 7.21. The van der Waals surface area contributed by atoms with Crippen molar-refractivity contribution in [2.24, 2.45) is 0 Å². The normalized spacial score (nSPS) is 18.6. The summed E-state index contributed by atoms with van der Waals surface area (Å²) in [6.07, 6.45) is 1.39. The lowest BCUT2D eigenvalue weighted by Crippen LogP contribution is -2.42. The number of rotatable bonds is 4. The number of amides is 1. The van der Waals surface area contributed by atoms with Gasteiger partial charge in [0.2, 0.25) is 11.9 Å². The van der Waals surface area contributed by atoms with Gasteiger partial charge in [0.25, 0.3) is 0 Å². The minimum Gasteiger partial charge on any atom is -0.365 e. The quantitative estimate of drug-likeness (QED) is 0.806. The summed E-state index contributed by atoms with van der Waals surface area (Å²) in [6, 6.07) is 2.33. The molecule has 3 heterocycles. The van der Waals surface area contributed by atoms with Crippen LogP contribution in [0.3, 0.4) is 0 Å². The van der Waals surface area contributed by atoms with Gasteiger partial charge in [0.1, 0.15) is 10.6 Å². The van der Waals surface area contributed by atoms with Crippen LogP contribution in [0.5, 0.6) is 0 Å². The van der Waals surface area contributed by atoms with Crippen molar-refractivity contribution in [3.05, 3.63) is 10.9 Å². The molecule has 0 saturated carbocycles. The van der Waals surface area contributed by atoms with Crippen LogP contribution in [0, 0.1) is 6.92 Å². The Morgan fingerprint density at radius 3 is 3.05 bits per heavy atom. The fourth-order valence-electron chi connectivity index (χ4n) is 2.44. The van der Waals surface area contributed by atoms with Gasteiger partial charge in [0.05, 0.1) is 5.39 Å². The van der Waals surface area contributed by atoms with Gasteiger partial charge in [-0.05, 0) is 26.3 Å². The Balaban J connectivity index is 1.90. The van der Waals surface area contributed by atoms with E-state index in [4.69, 9.17) is 0 Å². The van der Waals surface area contributed by atoms with Crippen molar-refractivity contribution in [2.45, 2.75) is 32.7 Å². The molecule has 1 aliphatic heterocycles. The first-order valence-corrected chi connectivity index (χ1v) is 8.02. The molecule has 7 heteroatoms. The van der Waals surface area contributed by atoms with Crippen LogP contribution in [0.2, 0.25) is 0 Å². The lowest BCUT2D eigenvalue weighted by Gasteiger charge is -2.24. The monoisotopic (exact) mass is 305 g/mol. The molecular formula is C14H19N5OS. The third kappa shape index (κ3) is 3.07. The molecule has 21 heavy (non-hydrogen) atoms. The van der Waals surface area contributed by atoms with Crippen LogP contribution in [0.1, 0.15) is 24.6 Å². The fraction of sp³-hybridized carbons (Fsp3) is 0.500. The highest BCUT2D eigenvalue weighted by Crippen LogP contribution is 2.30. The molecule has 1 saturated heterocycles. The number of aromatic nitrogens is 2. The second kappa shape index (κ2) is 5.85. The third-order valence-corrected chi connectivity index (χ3v) is 4.40. The molecular weight excluding hydrogens is 286 g/mol. The highest BCUT2D eigenvalue weighted by molar-refractivity contribution is 7.18. The number of hydrogen-bond acceptors (Lipinski definition) is 6. The number of anilines is 2. The molecule has 1 amide bonds. The van der Waals surface area contributed by atoms with E-state index in [0.717, 1.165) is 29.0 Å². The second-order valence-corrected chi connectivity index (χ2v) is 6.42. The summed E-state index contributed by atoms with van der Waals surface area (Å²) in [5.41, 5.74) is 0. The van der Waals surface area contributed by atoms with Gasteiger partial charge in [0, 0.05) is 30.4 Å². The molecule has 3 N–H and O–H groups in total. The van der Waals surface area contributed by atoms with Crippen LogP contribution in [0.25, 0.3) is 10.2 Å². The molecule has 0 spiro atoms. The van der Waals surface area contributed by atoms with E-state index in [-0.39, 0.29) is 11.9 Å². The third-order valence-electron chi connectivity index (χ3n) is 3.46. The van der Waals surface area contributed by atoms with Crippen LogP contribution < -0.4 is 16.0 Å². The maximum atomic E-state index is 11.2. The average molecular weight is 305 g/mol. The van der Waals surface area contributed by atoms with E-state index < -0.39 is 0 Å². The highest BCUT2D eigenvalue weighted by Gasteiger charge is 2.20. The summed E-state index contributed by atoms with van der Waals surface area (Å²) < 4.78 is 0. The number of carbonyl (C=O) groups excluding carboxylic acids is 1. The number of aryl methyl sites for hydroxylation is 1. The van der Waals surface area contributed by atoms with Crippen LogP contribution in [-0.4, -0.2) is 35.0 Å². The second-order valence-electron chi connectivity index (χ2n) is 5.19. The first-order chi connectivity index (χ1) is 10.2. The predicted molar refractivity (Wildman–Crippen MR) is 86.0 cm³/mol. The molecule has 6 nitrogen and oxygen atoms in total. The zero-order chi connectivity index (χ0) is 14.8. The van der Waals surface area contributed by atoms with Gasteiger partial charge in [-0.1, -0.05) is 0 Å². The summed E-state index contributed by atoms with van der Waals surface area (Å²) in [5, 5.41) is 10.6. The largest absolute Gasteiger partial charge is 0.365 e. The minimum atomic E-state index is 0.126. The van der Waals surface area contributed by atoms with E-state index in [2.05, 4.69) is 38.9 Å². The maximum absolute atomic E-state index is 11.2. The predicted octanol–water partition coefficient (Wildman–Crippen LogP) is 2.12. The van der Waals surface area contributed by atoms with Gasteiger partial charge in [-0.2, -0.15) is 4.98 Å². The van der Waals surface area contributed by atoms with E-state index >= 15 is 0 Å². The number of nitrogens with zero attached hydrogens (tertiary/aromatic N) is 2. The van der Waals surface area contributed by atoms with E-state index in [9.17, 15) is 4.79 Å². The van der Waals surface area contributed by atoms with Crippen LogP contribution in [-0.2, 0) is 4.79 Å². The van der Waals surface area contributed by atoms with E-state index in [1.807, 2.05) is 6.92 Å². The Morgan fingerprint density at radius 2 is 2.33 bits per heavy atom. The zero-order valence-electron chi connectivity index (χ0n) is 12.2. The molecule has 0 bridgehead atoms. The molecule has 2 aromatic rings. The number of nitrogens with one attached hydrogen (secondary N) is 3. The number of carbonyl (C=O) groups is 1. The maximum Gasteiger partial charge on any atom is 0.226 e. The summed E-state index contributed by atoms with van der Waals surface area (Å²) >= 11 is 1.67. The van der Waals surface area contributed by atoms with Crippen molar-refractivity contribution >= 4 is 39.2 Å². The van der Waals surface area contributed by atoms with E-state index in [1.165, 1.54) is 4.88 Å². The number of thiophene rings is 1. The molecule has 0 aromatic carbocycles. The standard InChI is InChI=1S/C14H19N5OS/c1-3-15-14-18-12(10-6-8(2)21-13(10)19-14)17-9-4-5-11(20)16-7-9/h6,9H,3-5,7H2,1-2H3,(H,16,20)(H2,15,17,18,19). The Labute approximate surface area is 127 Å². The van der Waals surface area contributed by atoms with Crippen molar-refractivity contribution in [3.63, 3.8) is 0 Å². The van der Waals surface area contributed by atoms with Crippen LogP contribution >= 0.6 is 11.3 Å². The Bertz CT molecular complexity index is 659. The van der Waals surface area contributed by atoms with E-state index in [1.54, 1.807) is 11.3 Å². The van der Waals surface area contributed by atoms with Crippen LogP contribution in [0.15, 0.2) is 6.07 Å². The minimum absolute atomic E-state index is 0.126. The molecule has 1 fully saturated rings. The van der Waals surface area contributed by atoms with Gasteiger partial charge < -0.3 is 16.0 Å². The van der Waals surface area contributed by atoms with Gasteiger partial charge in [-0.25, -0.2) is 4.98 Å². The number of piperidine rings is 1. The zero-order valence-corrected chi connectivity index (χ0v) is 13.0. The lowest BCUT2D eigenvalue weighted by molar-refractivity contribution is -0.122. The summed E-state index contributed by atoms with van der Waals surface area (Å²) in [7, 11) is 0. The summed E-state index contributed by atoms with van der Waals surface area (Å²) in [4.78, 5) is 22.6. The smallest absolute Gasteiger partial charge is 0.226 e. The van der Waals surface area contributed by atoms with Crippen molar-refractivity contribution in [1.29, 1.82) is 0 Å². The molecule has 1 unspecified atom stereocenters. The SMILES string of the molecule is CCNc1nc(NC2CCC(=O)NC2)c2cc(C)sc2n1. The Kier molecular flexibility index (Phi) is 3.92. The van der Waals surface area contributed by atoms with Gasteiger partial charge >= 0.3 is 0 Å². The van der Waals surface area contributed by atoms with Crippen molar-refractivity contribution in [1.82, 2.24) is 15.3 Å². The molecule has 1 aliphatic rings. The Morgan fingerprint density at radius 1 is 1.48 bits per heavy atom. The topological polar surface area (TPSA) is 78.9 Å². The Hall–Kier alpha value is -1.89. The number of fused-ring (bicyclic) bond motifs is 1. The van der Waals surface area contributed by atoms with Gasteiger partial charge in [-0.15, -0.1) is 11.3 Å². The molecule has 2 aromatic heterocycles. The molecule has 0 radical (unpaired) electrons. The molecule has 1 atom stereocenters. The first kappa shape index (κ1) is 14.1. The molecule has 3 rings (SSSR count). The average Bonchev–Trinajstić information content (AvgIpc) is 2.82. The molecule has 0 aliphatic carbocycles. The molecule has 112 valence electrons. The fourth-order valence-corrected chi connectivity index (χ4v) is 3.32. The van der Waals surface area contributed by atoms with Gasteiger partial charge in [-0.3, -0.25) is 4.79 Å². The van der Waals surface area contributed by atoms with Crippen molar-refractivity contribution in [2.75, 3.05) is 23.7 Å². The van der Waals surface area contributed by atoms with Crippen molar-refractivity contribution in [3.8, 4) is 0 Å². The van der Waals surface area contributed by atoms with Gasteiger partial charge in [0.15, 0.2) is 0 Å². The lowest BCUT2D eigenvalue weighted by atomic mass is 10.1. The van der Waals surface area contributed by atoms with E-state index in [0.29, 0.717) is 18.9 Å².